The Balaban J connectivity index is 2.56. The molecule has 0 aromatic heterocycles. The minimum atomic E-state index is -0.259. The fourth-order valence-electron chi connectivity index (χ4n) is 1.57. The van der Waals surface area contributed by atoms with Crippen LogP contribution in [0.3, 0.4) is 0 Å². The normalized spacial score (nSPS) is 25.4. The van der Waals surface area contributed by atoms with E-state index in [1.807, 2.05) is 19.1 Å². The zero-order valence-corrected chi connectivity index (χ0v) is 9.57. The summed E-state index contributed by atoms with van der Waals surface area (Å²) in [5.74, 6) is 0.505. The van der Waals surface area contributed by atoms with Gasteiger partial charge in [-0.1, -0.05) is 36.8 Å². The number of hydrogen-bond acceptors (Lipinski definition) is 2. The van der Waals surface area contributed by atoms with Crippen LogP contribution in [0.2, 0.25) is 0 Å². The number of rotatable bonds is 3. The van der Waals surface area contributed by atoms with Gasteiger partial charge in [-0.15, -0.1) is 0 Å². The number of carbonyl (C=O) groups is 1. The van der Waals surface area contributed by atoms with Crippen molar-refractivity contribution < 1.29 is 9.53 Å². The molecule has 0 saturated heterocycles. The molecule has 2 atom stereocenters. The summed E-state index contributed by atoms with van der Waals surface area (Å²) in [5.41, 5.74) is 1.34. The van der Waals surface area contributed by atoms with E-state index < -0.39 is 0 Å². The van der Waals surface area contributed by atoms with E-state index >= 15 is 0 Å². The van der Waals surface area contributed by atoms with Crippen LogP contribution in [0.15, 0.2) is 36.0 Å². The summed E-state index contributed by atoms with van der Waals surface area (Å²) < 4.78 is 4.83. The van der Waals surface area contributed by atoms with Gasteiger partial charge in [0.1, 0.15) is 0 Å². The first-order valence-corrected chi connectivity index (χ1v) is 5.35. The molecule has 0 aromatic carbocycles. The highest BCUT2D eigenvalue weighted by Gasteiger charge is 2.15. The summed E-state index contributed by atoms with van der Waals surface area (Å²) in [5, 5.41) is 0. The summed E-state index contributed by atoms with van der Waals surface area (Å²) >= 11 is 0. The molecule has 0 saturated carbocycles. The second-order valence-electron chi connectivity index (χ2n) is 3.77. The van der Waals surface area contributed by atoms with Crippen LogP contribution in [0.5, 0.6) is 0 Å². The largest absolute Gasteiger partial charge is 0.463 e. The van der Waals surface area contributed by atoms with Crippen LogP contribution in [0, 0.1) is 11.8 Å². The van der Waals surface area contributed by atoms with Gasteiger partial charge < -0.3 is 4.74 Å². The maximum Gasteiger partial charge on any atom is 0.330 e. The number of carbonyl (C=O) groups excluding carboxylic acids is 1. The lowest BCUT2D eigenvalue weighted by Gasteiger charge is -2.21. The van der Waals surface area contributed by atoms with Crippen molar-refractivity contribution in [1.29, 1.82) is 0 Å². The van der Waals surface area contributed by atoms with Gasteiger partial charge >= 0.3 is 5.97 Å². The Hall–Kier alpha value is -1.31. The molecule has 0 radical (unpaired) electrons. The van der Waals surface area contributed by atoms with E-state index in [1.165, 1.54) is 11.6 Å². The fourth-order valence-corrected chi connectivity index (χ4v) is 1.57. The maximum atomic E-state index is 11.1. The third kappa shape index (κ3) is 3.39. The highest BCUT2D eigenvalue weighted by molar-refractivity contribution is 5.81. The van der Waals surface area contributed by atoms with E-state index in [0.717, 1.165) is 0 Å². The molecule has 2 heteroatoms. The van der Waals surface area contributed by atoms with Gasteiger partial charge in [0.05, 0.1) is 6.61 Å². The van der Waals surface area contributed by atoms with Crippen molar-refractivity contribution in [3.8, 4) is 0 Å². The number of ether oxygens (including phenoxy) is 1. The third-order valence-corrected chi connectivity index (χ3v) is 2.73. The summed E-state index contributed by atoms with van der Waals surface area (Å²) in [6, 6.07) is 0. The molecule has 15 heavy (non-hydrogen) atoms. The molecule has 0 amide bonds. The van der Waals surface area contributed by atoms with Gasteiger partial charge in [0.15, 0.2) is 0 Å². The Kier molecular flexibility index (Phi) is 4.35. The van der Waals surface area contributed by atoms with E-state index in [0.29, 0.717) is 18.4 Å². The van der Waals surface area contributed by atoms with Gasteiger partial charge in [0.25, 0.3) is 0 Å². The van der Waals surface area contributed by atoms with Gasteiger partial charge in [-0.25, -0.2) is 4.79 Å². The summed E-state index contributed by atoms with van der Waals surface area (Å²) in [6.45, 7) is 6.51. The fraction of sp³-hybridized carbons (Fsp3) is 0.462. The molecule has 0 bridgehead atoms. The zero-order chi connectivity index (χ0) is 11.3. The van der Waals surface area contributed by atoms with Crippen molar-refractivity contribution in [3.63, 3.8) is 0 Å². The molecule has 0 spiro atoms. The second kappa shape index (κ2) is 5.54. The number of esters is 1. The molecule has 1 aliphatic rings. The highest BCUT2D eigenvalue weighted by Crippen LogP contribution is 2.26. The molecule has 2 nitrogen and oxygen atoms in total. The molecule has 0 heterocycles. The van der Waals surface area contributed by atoms with E-state index in [-0.39, 0.29) is 5.97 Å². The Morgan fingerprint density at radius 1 is 1.60 bits per heavy atom. The van der Waals surface area contributed by atoms with Gasteiger partial charge in [0, 0.05) is 12.0 Å². The average Bonchev–Trinajstić information content (AvgIpc) is 2.21. The molecule has 0 aromatic rings. The van der Waals surface area contributed by atoms with Crippen LogP contribution in [-0.4, -0.2) is 12.6 Å². The Labute approximate surface area is 91.3 Å². The van der Waals surface area contributed by atoms with Crippen LogP contribution in [0.1, 0.15) is 20.8 Å². The van der Waals surface area contributed by atoms with Gasteiger partial charge in [-0.2, -0.15) is 0 Å². The van der Waals surface area contributed by atoms with Crippen LogP contribution in [0.25, 0.3) is 0 Å². The van der Waals surface area contributed by atoms with E-state index in [1.54, 1.807) is 0 Å². The van der Waals surface area contributed by atoms with E-state index in [4.69, 9.17) is 4.74 Å². The first kappa shape index (κ1) is 11.8. The molecule has 2 unspecified atom stereocenters. The second-order valence-corrected chi connectivity index (χ2v) is 3.77. The molecule has 82 valence electrons. The predicted molar refractivity (Wildman–Crippen MR) is 61.3 cm³/mol. The van der Waals surface area contributed by atoms with Gasteiger partial charge in [0.2, 0.25) is 0 Å². The van der Waals surface area contributed by atoms with Gasteiger partial charge in [-0.05, 0) is 19.8 Å². The summed E-state index contributed by atoms with van der Waals surface area (Å²) in [4.78, 5) is 11.1. The summed E-state index contributed by atoms with van der Waals surface area (Å²) in [6.07, 6.45) is 9.69. The smallest absolute Gasteiger partial charge is 0.330 e. The Morgan fingerprint density at radius 2 is 2.33 bits per heavy atom. The van der Waals surface area contributed by atoms with Crippen molar-refractivity contribution in [2.75, 3.05) is 6.61 Å². The number of hydrogen-bond donors (Lipinski definition) is 0. The SMILES string of the molecule is CCOC(=O)/C=C/C1C=CC=C(C)C1C. The lowest BCUT2D eigenvalue weighted by atomic mass is 9.84. The lowest BCUT2D eigenvalue weighted by Crippen LogP contribution is -2.11. The minimum Gasteiger partial charge on any atom is -0.463 e. The standard InChI is InChI=1S/C13H18O2/c1-4-15-13(14)9-8-12-7-5-6-10(2)11(12)3/h5-9,11-12H,4H2,1-3H3/b9-8+. The molecule has 1 rings (SSSR count). The molecular weight excluding hydrogens is 188 g/mol. The van der Waals surface area contributed by atoms with E-state index in [9.17, 15) is 4.79 Å². The van der Waals surface area contributed by atoms with Crippen molar-refractivity contribution in [2.24, 2.45) is 11.8 Å². The molecule has 0 N–H and O–H groups in total. The molecule has 1 aliphatic carbocycles. The average molecular weight is 206 g/mol. The monoisotopic (exact) mass is 206 g/mol. The van der Waals surface area contributed by atoms with Crippen molar-refractivity contribution >= 4 is 5.97 Å². The highest BCUT2D eigenvalue weighted by atomic mass is 16.5. The number of allylic oxidation sites excluding steroid dienone is 5. The quantitative estimate of drug-likeness (QED) is 0.524. The van der Waals surface area contributed by atoms with Crippen LogP contribution in [-0.2, 0) is 9.53 Å². The maximum absolute atomic E-state index is 11.1. The molecular formula is C13H18O2. The molecule has 0 fully saturated rings. The first-order valence-electron chi connectivity index (χ1n) is 5.35. The topological polar surface area (TPSA) is 26.3 Å². The lowest BCUT2D eigenvalue weighted by molar-refractivity contribution is -0.137. The van der Waals surface area contributed by atoms with Crippen LogP contribution >= 0.6 is 0 Å². The van der Waals surface area contributed by atoms with Crippen LogP contribution < -0.4 is 0 Å². The van der Waals surface area contributed by atoms with Crippen molar-refractivity contribution in [2.45, 2.75) is 20.8 Å². The van der Waals surface area contributed by atoms with Crippen LogP contribution in [0.4, 0.5) is 0 Å². The third-order valence-electron chi connectivity index (χ3n) is 2.73. The Bertz CT molecular complexity index is 310. The van der Waals surface area contributed by atoms with Crippen molar-refractivity contribution in [1.82, 2.24) is 0 Å². The van der Waals surface area contributed by atoms with Gasteiger partial charge in [-0.3, -0.25) is 0 Å². The minimum absolute atomic E-state index is 0.259. The Morgan fingerprint density at radius 3 is 3.00 bits per heavy atom. The first-order chi connectivity index (χ1) is 7.15. The zero-order valence-electron chi connectivity index (χ0n) is 9.57. The van der Waals surface area contributed by atoms with E-state index in [2.05, 4.69) is 26.0 Å². The predicted octanol–water partition coefficient (Wildman–Crippen LogP) is 2.87. The molecule has 0 aliphatic heterocycles. The van der Waals surface area contributed by atoms with Crippen molar-refractivity contribution in [3.05, 3.63) is 36.0 Å². The summed E-state index contributed by atoms with van der Waals surface area (Å²) in [7, 11) is 0.